The molecule has 0 radical (unpaired) electrons. The van der Waals surface area contributed by atoms with E-state index in [0.29, 0.717) is 18.7 Å². The monoisotopic (exact) mass is 258 g/mol. The van der Waals surface area contributed by atoms with Crippen molar-refractivity contribution >= 4 is 22.3 Å². The van der Waals surface area contributed by atoms with E-state index in [1.54, 1.807) is 21.1 Å². The fraction of sp³-hybridized carbons (Fsp3) is 0.636. The van der Waals surface area contributed by atoms with Crippen molar-refractivity contribution in [2.45, 2.75) is 20.0 Å². The number of carbonyl (C=O) groups is 1. The van der Waals surface area contributed by atoms with Crippen LogP contribution in [0.3, 0.4) is 0 Å². The second kappa shape index (κ2) is 6.68. The van der Waals surface area contributed by atoms with Crippen LogP contribution < -0.4 is 5.32 Å². The maximum atomic E-state index is 11.5. The number of carbonyl (C=O) groups excluding carboxylic acids is 1. The number of ether oxygens (including phenoxy) is 2. The lowest BCUT2D eigenvalue weighted by Gasteiger charge is -2.15. The summed E-state index contributed by atoms with van der Waals surface area (Å²) >= 11 is 1.30. The zero-order chi connectivity index (χ0) is 12.8. The third-order valence-electron chi connectivity index (χ3n) is 2.39. The van der Waals surface area contributed by atoms with Gasteiger partial charge in [-0.05, 0) is 25.4 Å². The summed E-state index contributed by atoms with van der Waals surface area (Å²) in [6, 6.07) is 0. The highest BCUT2D eigenvalue weighted by Gasteiger charge is 2.16. The topological polar surface area (TPSA) is 60.5 Å². The van der Waals surface area contributed by atoms with E-state index < -0.39 is 0 Å². The number of hydrogen-bond acceptors (Lipinski definition) is 6. The standard InChI is InChI=1S/C11H18N2O3S/c1-7-10(8(2)14)11(17-13-7)12-5-9(16-4)6-15-3/h9,12H,5-6H2,1-4H3. The Morgan fingerprint density at radius 3 is 2.76 bits per heavy atom. The van der Waals surface area contributed by atoms with Crippen LogP contribution in [0.5, 0.6) is 0 Å². The molecule has 0 saturated heterocycles. The molecule has 1 aromatic rings. The molecule has 96 valence electrons. The van der Waals surface area contributed by atoms with Gasteiger partial charge in [-0.1, -0.05) is 0 Å². The second-order valence-electron chi connectivity index (χ2n) is 3.72. The average molecular weight is 258 g/mol. The zero-order valence-electron chi connectivity index (χ0n) is 10.6. The molecule has 0 amide bonds. The van der Waals surface area contributed by atoms with Crippen molar-refractivity contribution in [1.82, 2.24) is 4.37 Å². The molecule has 0 saturated carbocycles. The second-order valence-corrected chi connectivity index (χ2v) is 4.50. The first-order valence-corrected chi connectivity index (χ1v) is 6.10. The van der Waals surface area contributed by atoms with Crippen LogP contribution >= 0.6 is 11.5 Å². The molecule has 1 heterocycles. The van der Waals surface area contributed by atoms with Gasteiger partial charge >= 0.3 is 0 Å². The van der Waals surface area contributed by atoms with Crippen LogP contribution in [0.15, 0.2) is 0 Å². The number of anilines is 1. The Balaban J connectivity index is 2.65. The van der Waals surface area contributed by atoms with Crippen molar-refractivity contribution in [3.63, 3.8) is 0 Å². The third kappa shape index (κ3) is 3.76. The minimum Gasteiger partial charge on any atom is -0.382 e. The Bertz CT molecular complexity index is 379. The van der Waals surface area contributed by atoms with Crippen LogP contribution in [0.25, 0.3) is 0 Å². The number of nitrogens with one attached hydrogen (secondary N) is 1. The number of rotatable bonds is 7. The van der Waals surface area contributed by atoms with Crippen molar-refractivity contribution in [1.29, 1.82) is 0 Å². The lowest BCUT2D eigenvalue weighted by Crippen LogP contribution is -2.26. The Kier molecular flexibility index (Phi) is 5.54. The van der Waals surface area contributed by atoms with Gasteiger partial charge in [0.15, 0.2) is 5.78 Å². The number of methoxy groups -OCH3 is 2. The molecule has 0 aliphatic carbocycles. The summed E-state index contributed by atoms with van der Waals surface area (Å²) in [5, 5.41) is 3.98. The molecule has 1 unspecified atom stereocenters. The molecule has 17 heavy (non-hydrogen) atoms. The molecule has 1 aromatic heterocycles. The Labute approximate surface area is 105 Å². The first-order chi connectivity index (χ1) is 8.10. The highest BCUT2D eigenvalue weighted by Crippen LogP contribution is 2.24. The van der Waals surface area contributed by atoms with Gasteiger partial charge in [0, 0.05) is 20.8 Å². The Morgan fingerprint density at radius 2 is 2.24 bits per heavy atom. The smallest absolute Gasteiger partial charge is 0.164 e. The minimum atomic E-state index is -0.0396. The molecule has 1 rings (SSSR count). The summed E-state index contributed by atoms with van der Waals surface area (Å²) < 4.78 is 14.4. The van der Waals surface area contributed by atoms with Crippen molar-refractivity contribution in [2.24, 2.45) is 0 Å². The third-order valence-corrected chi connectivity index (χ3v) is 3.29. The molecule has 1 N–H and O–H groups in total. The van der Waals surface area contributed by atoms with Gasteiger partial charge in [0.1, 0.15) is 5.00 Å². The van der Waals surface area contributed by atoms with Crippen LogP contribution in [0.1, 0.15) is 23.0 Å². The number of aromatic nitrogens is 1. The van der Waals surface area contributed by atoms with Crippen molar-refractivity contribution in [3.8, 4) is 0 Å². The summed E-state index contributed by atoms with van der Waals surface area (Å²) in [6.45, 7) is 4.48. The fourth-order valence-electron chi connectivity index (χ4n) is 1.51. The van der Waals surface area contributed by atoms with Gasteiger partial charge in [-0.2, -0.15) is 4.37 Å². The Morgan fingerprint density at radius 1 is 1.53 bits per heavy atom. The van der Waals surface area contributed by atoms with Crippen LogP contribution in [0.4, 0.5) is 5.00 Å². The van der Waals surface area contributed by atoms with E-state index in [-0.39, 0.29) is 11.9 Å². The van der Waals surface area contributed by atoms with Crippen molar-refractivity contribution < 1.29 is 14.3 Å². The van der Waals surface area contributed by atoms with Gasteiger partial charge in [0.25, 0.3) is 0 Å². The van der Waals surface area contributed by atoms with Gasteiger partial charge < -0.3 is 14.8 Å². The Hall–Kier alpha value is -0.980. The summed E-state index contributed by atoms with van der Waals surface area (Å²) in [7, 11) is 3.26. The molecular weight excluding hydrogens is 240 g/mol. The molecule has 0 fully saturated rings. The SMILES string of the molecule is COCC(CNc1snc(C)c1C(C)=O)OC. The largest absolute Gasteiger partial charge is 0.382 e. The van der Waals surface area contributed by atoms with E-state index in [0.717, 1.165) is 10.7 Å². The van der Waals surface area contributed by atoms with E-state index in [1.807, 2.05) is 6.92 Å². The summed E-state index contributed by atoms with van der Waals surface area (Å²) in [4.78, 5) is 11.5. The molecule has 1 atom stereocenters. The number of nitrogens with zero attached hydrogens (tertiary/aromatic N) is 1. The van der Waals surface area contributed by atoms with E-state index in [4.69, 9.17) is 9.47 Å². The molecule has 0 aliphatic heterocycles. The zero-order valence-corrected chi connectivity index (χ0v) is 11.4. The maximum absolute atomic E-state index is 11.5. The molecule has 0 bridgehead atoms. The van der Waals surface area contributed by atoms with E-state index in [2.05, 4.69) is 9.69 Å². The quantitative estimate of drug-likeness (QED) is 0.755. The lowest BCUT2D eigenvalue weighted by molar-refractivity contribution is 0.0366. The van der Waals surface area contributed by atoms with Gasteiger partial charge in [-0.3, -0.25) is 4.79 Å². The number of ketones is 1. The molecular formula is C11H18N2O3S. The predicted molar refractivity (Wildman–Crippen MR) is 68.0 cm³/mol. The van der Waals surface area contributed by atoms with Gasteiger partial charge in [-0.15, -0.1) is 0 Å². The molecule has 0 spiro atoms. The van der Waals surface area contributed by atoms with Crippen LogP contribution in [-0.4, -0.2) is 43.6 Å². The van der Waals surface area contributed by atoms with Crippen LogP contribution in [-0.2, 0) is 9.47 Å². The van der Waals surface area contributed by atoms with E-state index >= 15 is 0 Å². The number of hydrogen-bond donors (Lipinski definition) is 1. The maximum Gasteiger partial charge on any atom is 0.164 e. The van der Waals surface area contributed by atoms with E-state index in [9.17, 15) is 4.79 Å². The molecule has 0 aliphatic rings. The average Bonchev–Trinajstić information content (AvgIpc) is 2.65. The fourth-order valence-corrected chi connectivity index (χ4v) is 2.36. The number of Topliss-reactive ketones (excluding diaryl/α,β-unsaturated/α-hetero) is 1. The van der Waals surface area contributed by atoms with Gasteiger partial charge in [0.2, 0.25) is 0 Å². The summed E-state index contributed by atoms with van der Waals surface area (Å²) in [6.07, 6.45) is -0.0396. The van der Waals surface area contributed by atoms with E-state index in [1.165, 1.54) is 11.5 Å². The normalized spacial score (nSPS) is 12.5. The summed E-state index contributed by atoms with van der Waals surface area (Å²) in [5.74, 6) is 0.0273. The minimum absolute atomic E-state index is 0.0273. The van der Waals surface area contributed by atoms with Crippen molar-refractivity contribution in [2.75, 3.05) is 32.7 Å². The predicted octanol–water partition coefficient (Wildman–Crippen LogP) is 1.73. The highest BCUT2D eigenvalue weighted by atomic mass is 32.1. The van der Waals surface area contributed by atoms with Crippen LogP contribution in [0, 0.1) is 6.92 Å². The van der Waals surface area contributed by atoms with Gasteiger partial charge in [0.05, 0.1) is 24.0 Å². The highest BCUT2D eigenvalue weighted by molar-refractivity contribution is 7.10. The first-order valence-electron chi connectivity index (χ1n) is 5.33. The lowest BCUT2D eigenvalue weighted by atomic mass is 10.2. The summed E-state index contributed by atoms with van der Waals surface area (Å²) in [5.41, 5.74) is 1.44. The van der Waals surface area contributed by atoms with Crippen molar-refractivity contribution in [3.05, 3.63) is 11.3 Å². The molecule has 5 nitrogen and oxygen atoms in total. The van der Waals surface area contributed by atoms with Gasteiger partial charge in [-0.25, -0.2) is 0 Å². The molecule has 0 aromatic carbocycles. The van der Waals surface area contributed by atoms with Crippen LogP contribution in [0.2, 0.25) is 0 Å². The first kappa shape index (κ1) is 14.1. The molecule has 6 heteroatoms. The number of aryl methyl sites for hydroxylation is 1.